The average molecular weight is 776 g/mol. The van der Waals surface area contributed by atoms with E-state index in [1.807, 2.05) is 4.90 Å². The zero-order valence-corrected chi connectivity index (χ0v) is 30.0. The molecule has 0 radical (unpaired) electrons. The molecule has 2 saturated heterocycles. The van der Waals surface area contributed by atoms with Crippen LogP contribution in [0.2, 0.25) is 0 Å². The molecule has 7 rings (SSSR count). The number of hydrogen-bond acceptors (Lipinski definition) is 9. The van der Waals surface area contributed by atoms with Gasteiger partial charge in [-0.05, 0) is 68.0 Å². The number of pyridine rings is 2. The van der Waals surface area contributed by atoms with Crippen LogP contribution < -0.4 is 19.9 Å². The monoisotopic (exact) mass is 775 g/mol. The topological polar surface area (TPSA) is 117 Å². The van der Waals surface area contributed by atoms with Crippen molar-refractivity contribution in [2.24, 2.45) is 0 Å². The molecular formula is C40H35F6N7O3. The molecule has 1 unspecified atom stereocenters. The van der Waals surface area contributed by atoms with E-state index in [9.17, 15) is 27.5 Å². The molecule has 10 nitrogen and oxygen atoms in total. The number of benzene rings is 2. The molecule has 3 aromatic heterocycles. The van der Waals surface area contributed by atoms with Crippen LogP contribution in [-0.4, -0.2) is 74.9 Å². The number of aromatic hydroxyl groups is 1. The molecule has 290 valence electrons. The van der Waals surface area contributed by atoms with E-state index in [4.69, 9.17) is 11.2 Å². The number of alkyl halides is 4. The number of amides is 1. The number of aromatic nitrogens is 4. The summed E-state index contributed by atoms with van der Waals surface area (Å²) >= 11 is 0. The third-order valence-corrected chi connectivity index (χ3v) is 10.2. The van der Waals surface area contributed by atoms with Crippen molar-refractivity contribution in [3.63, 3.8) is 0 Å². The second kappa shape index (κ2) is 14.9. The first-order valence-corrected chi connectivity index (χ1v) is 17.7. The number of fused-ring (bicyclic) bond motifs is 2. The Balaban J connectivity index is 1.33. The lowest BCUT2D eigenvalue weighted by molar-refractivity contribution is -0.141. The Kier molecular flexibility index (Phi) is 10.1. The number of nitrogens with zero attached hydrogens (tertiary/aromatic N) is 6. The van der Waals surface area contributed by atoms with Gasteiger partial charge in [0.1, 0.15) is 47.1 Å². The van der Waals surface area contributed by atoms with Gasteiger partial charge in [-0.15, -0.1) is 6.42 Å². The Bertz CT molecular complexity index is 2390. The minimum atomic E-state index is -4.66. The first kappa shape index (κ1) is 38.2. The van der Waals surface area contributed by atoms with Gasteiger partial charge >= 0.3 is 12.2 Å². The number of phenolic OH excluding ortho intramolecular Hbond substituents is 1. The zero-order valence-electron chi connectivity index (χ0n) is 30.0. The van der Waals surface area contributed by atoms with Gasteiger partial charge in [0.05, 0.1) is 34.9 Å². The predicted molar refractivity (Wildman–Crippen MR) is 198 cm³/mol. The number of rotatable bonds is 8. The van der Waals surface area contributed by atoms with Crippen molar-refractivity contribution in [3.8, 4) is 35.4 Å². The van der Waals surface area contributed by atoms with E-state index in [1.165, 1.54) is 36.5 Å². The van der Waals surface area contributed by atoms with Crippen LogP contribution in [0.4, 0.5) is 37.8 Å². The molecule has 5 heterocycles. The summed E-state index contributed by atoms with van der Waals surface area (Å²) in [5, 5.41) is 14.2. The molecular weight excluding hydrogens is 740 g/mol. The van der Waals surface area contributed by atoms with Crippen molar-refractivity contribution in [2.75, 3.05) is 36.0 Å². The van der Waals surface area contributed by atoms with E-state index in [-0.39, 0.29) is 94.4 Å². The lowest BCUT2D eigenvalue weighted by Crippen LogP contribution is -2.46. The molecule has 2 aliphatic rings. The highest BCUT2D eigenvalue weighted by molar-refractivity contribution is 6.03. The number of terminal acetylenes is 1. The average Bonchev–Trinajstić information content (AvgIpc) is 3.30. The highest BCUT2D eigenvalue weighted by Crippen LogP contribution is 2.40. The third-order valence-electron chi connectivity index (χ3n) is 10.2. The van der Waals surface area contributed by atoms with Crippen molar-refractivity contribution < 1.29 is 41.0 Å². The Morgan fingerprint density at radius 3 is 2.66 bits per heavy atom. The van der Waals surface area contributed by atoms with Crippen LogP contribution in [0, 0.1) is 24.0 Å². The van der Waals surface area contributed by atoms with Crippen LogP contribution in [0.1, 0.15) is 43.9 Å². The van der Waals surface area contributed by atoms with Crippen molar-refractivity contribution in [2.45, 2.75) is 56.5 Å². The second-order valence-electron chi connectivity index (χ2n) is 14.1. The van der Waals surface area contributed by atoms with Gasteiger partial charge in [-0.2, -0.15) is 23.1 Å². The Labute approximate surface area is 317 Å². The molecule has 2 fully saturated rings. The smallest absolute Gasteiger partial charge is 0.433 e. The molecule has 2 aromatic carbocycles. The standard InChI is InChI=1S/C40H35F6N7O3/c1-4-27-30(42)11-9-22-14-26(54)15-28(33(22)27)35-34(43)36-29(18-48-35)37(52-13-7-6-8-24(20-52)49-32(55)5-2)51-38(50-36)56-21-39(3)16-23(41)19-53(39)25-10-12-31(47-17-25)40(44,45)46/h1,5,9-12,14-15,17-18,23-24,54H,2,6-8,13,16,19-21H2,3H3,(H,49,55)/t23-,24?,39+/m1/s1. The highest BCUT2D eigenvalue weighted by Gasteiger charge is 2.44. The number of carbonyl (C=O) groups excluding carboxylic acids is 1. The molecule has 0 aliphatic carbocycles. The molecule has 16 heteroatoms. The second-order valence-corrected chi connectivity index (χ2v) is 14.1. The summed E-state index contributed by atoms with van der Waals surface area (Å²) in [6, 6.07) is 6.53. The van der Waals surface area contributed by atoms with Gasteiger partial charge in [0, 0.05) is 42.7 Å². The van der Waals surface area contributed by atoms with E-state index >= 15 is 8.78 Å². The molecule has 1 amide bonds. The minimum absolute atomic E-state index is 0.00435. The summed E-state index contributed by atoms with van der Waals surface area (Å²) in [4.78, 5) is 32.8. The van der Waals surface area contributed by atoms with Crippen LogP contribution in [0.3, 0.4) is 0 Å². The van der Waals surface area contributed by atoms with E-state index in [1.54, 1.807) is 11.8 Å². The quantitative estimate of drug-likeness (QED) is 0.0954. The van der Waals surface area contributed by atoms with Crippen LogP contribution in [0.15, 0.2) is 61.4 Å². The van der Waals surface area contributed by atoms with E-state index in [0.29, 0.717) is 24.8 Å². The van der Waals surface area contributed by atoms with Gasteiger partial charge in [-0.3, -0.25) is 9.78 Å². The lowest BCUT2D eigenvalue weighted by Gasteiger charge is -2.36. The van der Waals surface area contributed by atoms with Crippen LogP contribution in [0.25, 0.3) is 32.9 Å². The number of phenols is 1. The highest BCUT2D eigenvalue weighted by atomic mass is 19.4. The number of nitrogens with one attached hydrogen (secondary N) is 1. The summed E-state index contributed by atoms with van der Waals surface area (Å²) in [6.07, 6.45) is 5.24. The summed E-state index contributed by atoms with van der Waals surface area (Å²) in [6.45, 7) is 5.51. The molecule has 3 atom stereocenters. The number of hydrogen-bond donors (Lipinski definition) is 2. The van der Waals surface area contributed by atoms with Crippen LogP contribution in [0.5, 0.6) is 11.8 Å². The number of carbonyl (C=O) groups is 1. The van der Waals surface area contributed by atoms with Crippen molar-refractivity contribution in [1.29, 1.82) is 0 Å². The Hall–Kier alpha value is -6.11. The molecule has 0 saturated carbocycles. The normalized spacial score (nSPS) is 20.2. The van der Waals surface area contributed by atoms with Crippen LogP contribution in [-0.2, 0) is 11.0 Å². The van der Waals surface area contributed by atoms with E-state index in [0.717, 1.165) is 24.8 Å². The van der Waals surface area contributed by atoms with Gasteiger partial charge in [-0.25, -0.2) is 18.2 Å². The maximum absolute atomic E-state index is 17.1. The van der Waals surface area contributed by atoms with E-state index in [2.05, 4.69) is 37.8 Å². The van der Waals surface area contributed by atoms with Gasteiger partial charge in [0.25, 0.3) is 0 Å². The summed E-state index contributed by atoms with van der Waals surface area (Å²) in [7, 11) is 0. The summed E-state index contributed by atoms with van der Waals surface area (Å²) in [5.74, 6) is 0.220. The molecule has 0 bridgehead atoms. The summed E-state index contributed by atoms with van der Waals surface area (Å²) in [5.41, 5.74) is -2.68. The lowest BCUT2D eigenvalue weighted by atomic mass is 9.96. The van der Waals surface area contributed by atoms with Crippen molar-refractivity contribution in [3.05, 3.63) is 84.3 Å². The first-order chi connectivity index (χ1) is 26.7. The fourth-order valence-electron chi connectivity index (χ4n) is 7.54. The molecule has 2 aliphatic heterocycles. The van der Waals surface area contributed by atoms with Gasteiger partial charge in [0.15, 0.2) is 5.82 Å². The van der Waals surface area contributed by atoms with Gasteiger partial charge < -0.3 is 25.0 Å². The zero-order chi connectivity index (χ0) is 39.9. The Morgan fingerprint density at radius 2 is 1.95 bits per heavy atom. The summed E-state index contributed by atoms with van der Waals surface area (Å²) < 4.78 is 92.9. The fourth-order valence-corrected chi connectivity index (χ4v) is 7.54. The predicted octanol–water partition coefficient (Wildman–Crippen LogP) is 7.27. The molecule has 5 aromatic rings. The maximum atomic E-state index is 17.1. The molecule has 2 N–H and O–H groups in total. The minimum Gasteiger partial charge on any atom is -0.508 e. The maximum Gasteiger partial charge on any atom is 0.433 e. The number of anilines is 2. The first-order valence-electron chi connectivity index (χ1n) is 17.7. The van der Waals surface area contributed by atoms with Crippen molar-refractivity contribution in [1.82, 2.24) is 25.3 Å². The van der Waals surface area contributed by atoms with Gasteiger partial charge in [-0.1, -0.05) is 18.6 Å². The fraction of sp³-hybridized carbons (Fsp3) is 0.325. The molecule has 0 spiro atoms. The van der Waals surface area contributed by atoms with E-state index < -0.39 is 35.2 Å². The third kappa shape index (κ3) is 7.33. The largest absolute Gasteiger partial charge is 0.508 e. The molecule has 56 heavy (non-hydrogen) atoms. The van der Waals surface area contributed by atoms with Gasteiger partial charge in [0.2, 0.25) is 5.91 Å². The number of ether oxygens (including phenoxy) is 1. The Morgan fingerprint density at radius 1 is 1.14 bits per heavy atom. The van der Waals surface area contributed by atoms with Crippen molar-refractivity contribution >= 4 is 39.1 Å². The number of halogens is 6. The van der Waals surface area contributed by atoms with Crippen LogP contribution >= 0.6 is 0 Å². The SMILES string of the molecule is C#Cc1c(F)ccc2cc(O)cc(-c3ncc4c(N5CCCCC(NC(=O)C=C)C5)nc(OC[C@]5(C)C[C@@H](F)CN5c5ccc(C(F)(F)F)nc5)nc4c3F)c12.